The van der Waals surface area contributed by atoms with Crippen molar-refractivity contribution in [2.75, 3.05) is 4.90 Å². The number of para-hydroxylation sites is 1. The molecule has 1 amide bonds. The van der Waals surface area contributed by atoms with Crippen molar-refractivity contribution < 1.29 is 23.5 Å². The highest BCUT2D eigenvalue weighted by Crippen LogP contribution is 2.41. The summed E-state index contributed by atoms with van der Waals surface area (Å²) < 4.78 is 27.7. The Morgan fingerprint density at radius 3 is 2.81 bits per heavy atom. The van der Waals surface area contributed by atoms with Gasteiger partial charge in [0.1, 0.15) is 16.3 Å². The number of hydrogen-bond donors (Lipinski definition) is 1. The lowest BCUT2D eigenvalue weighted by molar-refractivity contribution is -0.138. The Morgan fingerprint density at radius 2 is 2.04 bits per heavy atom. The summed E-state index contributed by atoms with van der Waals surface area (Å²) in [5, 5.41) is 8.78. The van der Waals surface area contributed by atoms with E-state index in [1.165, 1.54) is 22.7 Å². The average Bonchev–Trinajstić information content (AvgIpc) is 3.01. The number of thioether (sulfide) groups is 1. The first-order valence-corrected chi connectivity index (χ1v) is 9.65. The number of nitrogens with zero attached hydrogens (tertiary/aromatic N) is 2. The van der Waals surface area contributed by atoms with Crippen molar-refractivity contribution in [3.05, 3.63) is 53.0 Å². The zero-order chi connectivity index (χ0) is 19.1. The molecule has 1 aliphatic heterocycles. The zero-order valence-electron chi connectivity index (χ0n) is 13.7. The molecule has 0 radical (unpaired) electrons. The van der Waals surface area contributed by atoms with Gasteiger partial charge in [-0.05, 0) is 18.2 Å². The van der Waals surface area contributed by atoms with E-state index in [2.05, 4.69) is 4.98 Å². The molecule has 0 aliphatic carbocycles. The van der Waals surface area contributed by atoms with E-state index in [1.807, 2.05) is 12.1 Å². The second-order valence-electron chi connectivity index (χ2n) is 5.94. The number of hydrogen-bond acceptors (Lipinski definition) is 5. The van der Waals surface area contributed by atoms with Crippen molar-refractivity contribution in [3.8, 4) is 0 Å². The third-order valence-corrected chi connectivity index (χ3v) is 6.32. The number of rotatable bonds is 4. The fourth-order valence-corrected chi connectivity index (χ4v) is 5.15. The number of carbonyl (C=O) groups excluding carboxylic acids is 1. The summed E-state index contributed by atoms with van der Waals surface area (Å²) in [6.45, 7) is 0.0624. The summed E-state index contributed by atoms with van der Waals surface area (Å²) in [6.07, 6.45) is -0.298. The molecule has 1 N–H and O–H groups in total. The van der Waals surface area contributed by atoms with Gasteiger partial charge in [-0.1, -0.05) is 12.1 Å². The maximum Gasteiger partial charge on any atom is 0.305 e. The molecule has 1 aromatic heterocycles. The number of aliphatic carboxylic acids is 1. The predicted molar refractivity (Wildman–Crippen MR) is 99.1 cm³/mol. The SMILES string of the molecule is O=C(O)CC1Sc2ccccc2N(Cc2nc3c(F)cc(F)cc3s2)C1=O. The van der Waals surface area contributed by atoms with Gasteiger partial charge in [0.15, 0.2) is 5.82 Å². The Kier molecular flexibility index (Phi) is 4.56. The molecule has 9 heteroatoms. The van der Waals surface area contributed by atoms with Gasteiger partial charge in [-0.3, -0.25) is 9.59 Å². The van der Waals surface area contributed by atoms with Gasteiger partial charge in [-0.2, -0.15) is 0 Å². The van der Waals surface area contributed by atoms with Crippen molar-refractivity contribution in [2.45, 2.75) is 23.1 Å². The number of aromatic nitrogens is 1. The molecular weight excluding hydrogens is 394 g/mol. The molecule has 138 valence electrons. The molecule has 3 aromatic rings. The maximum absolute atomic E-state index is 13.9. The van der Waals surface area contributed by atoms with Crippen molar-refractivity contribution in [1.82, 2.24) is 4.98 Å². The Labute approximate surface area is 160 Å². The van der Waals surface area contributed by atoms with Crippen LogP contribution < -0.4 is 4.90 Å². The summed E-state index contributed by atoms with van der Waals surface area (Å²) in [5.41, 5.74) is 0.714. The monoisotopic (exact) mass is 406 g/mol. The lowest BCUT2D eigenvalue weighted by Gasteiger charge is -2.32. The van der Waals surface area contributed by atoms with Crippen molar-refractivity contribution in [3.63, 3.8) is 0 Å². The van der Waals surface area contributed by atoms with Crippen LogP contribution in [0.2, 0.25) is 0 Å². The molecule has 1 aliphatic rings. The van der Waals surface area contributed by atoms with Gasteiger partial charge < -0.3 is 10.0 Å². The molecule has 0 saturated carbocycles. The minimum absolute atomic E-state index is 0.0607. The largest absolute Gasteiger partial charge is 0.481 e. The molecule has 0 spiro atoms. The molecule has 1 unspecified atom stereocenters. The highest BCUT2D eigenvalue weighted by Gasteiger charge is 2.35. The van der Waals surface area contributed by atoms with Gasteiger partial charge in [0.2, 0.25) is 5.91 Å². The minimum atomic E-state index is -1.06. The van der Waals surface area contributed by atoms with Gasteiger partial charge >= 0.3 is 5.97 Å². The number of carbonyl (C=O) groups is 2. The van der Waals surface area contributed by atoms with Crippen molar-refractivity contribution >= 4 is 50.9 Å². The smallest absolute Gasteiger partial charge is 0.305 e. The minimum Gasteiger partial charge on any atom is -0.481 e. The van der Waals surface area contributed by atoms with E-state index in [4.69, 9.17) is 5.11 Å². The van der Waals surface area contributed by atoms with Crippen LogP contribution in [0.15, 0.2) is 41.3 Å². The van der Waals surface area contributed by atoms with E-state index < -0.39 is 22.9 Å². The van der Waals surface area contributed by atoms with Crippen LogP contribution in [0.4, 0.5) is 14.5 Å². The molecule has 1 atom stereocenters. The van der Waals surface area contributed by atoms with E-state index in [9.17, 15) is 18.4 Å². The van der Waals surface area contributed by atoms with Gasteiger partial charge in [-0.25, -0.2) is 13.8 Å². The van der Waals surface area contributed by atoms with Crippen molar-refractivity contribution in [2.24, 2.45) is 0 Å². The van der Waals surface area contributed by atoms with E-state index in [0.717, 1.165) is 22.3 Å². The van der Waals surface area contributed by atoms with Crippen LogP contribution in [0.3, 0.4) is 0 Å². The highest BCUT2D eigenvalue weighted by atomic mass is 32.2. The quantitative estimate of drug-likeness (QED) is 0.708. The normalized spacial score (nSPS) is 16.6. The Hall–Kier alpha value is -2.52. The molecule has 4 rings (SSSR count). The first-order valence-electron chi connectivity index (χ1n) is 7.95. The Morgan fingerprint density at radius 1 is 1.26 bits per heavy atom. The summed E-state index contributed by atoms with van der Waals surface area (Å²) in [7, 11) is 0. The number of carboxylic acids is 1. The Balaban J connectivity index is 1.72. The summed E-state index contributed by atoms with van der Waals surface area (Å²) >= 11 is 2.32. The number of thiazole rings is 1. The van der Waals surface area contributed by atoms with E-state index >= 15 is 0 Å². The number of carboxylic acid groups (broad SMARTS) is 1. The lowest BCUT2D eigenvalue weighted by atomic mass is 10.2. The molecule has 5 nitrogen and oxygen atoms in total. The van der Waals surface area contributed by atoms with E-state index in [0.29, 0.717) is 15.4 Å². The highest BCUT2D eigenvalue weighted by molar-refractivity contribution is 8.01. The third kappa shape index (κ3) is 3.40. The van der Waals surface area contributed by atoms with Crippen LogP contribution in [0.1, 0.15) is 11.4 Å². The van der Waals surface area contributed by atoms with Gasteiger partial charge in [0, 0.05) is 11.0 Å². The molecule has 0 fully saturated rings. The fraction of sp³-hybridized carbons (Fsp3) is 0.167. The number of anilines is 1. The van der Waals surface area contributed by atoms with Gasteiger partial charge in [0.05, 0.1) is 28.6 Å². The topological polar surface area (TPSA) is 70.5 Å². The van der Waals surface area contributed by atoms with Crippen molar-refractivity contribution in [1.29, 1.82) is 0 Å². The molecule has 2 aromatic carbocycles. The van der Waals surface area contributed by atoms with Crippen LogP contribution in [-0.4, -0.2) is 27.2 Å². The van der Waals surface area contributed by atoms with Crippen LogP contribution in [0.25, 0.3) is 10.2 Å². The van der Waals surface area contributed by atoms with Gasteiger partial charge in [-0.15, -0.1) is 23.1 Å². The predicted octanol–water partition coefficient (Wildman–Crippen LogP) is 4.06. The molecule has 0 bridgehead atoms. The molecule has 2 heterocycles. The standard InChI is InChI=1S/C18H12F2N2O3S2/c19-9-5-10(20)17-13(6-9)27-15(21-17)8-22-11-3-1-2-4-12(11)26-14(18(22)25)7-16(23)24/h1-6,14H,7-8H2,(H,23,24). The second-order valence-corrected chi connectivity index (χ2v) is 8.30. The number of halogens is 2. The number of amides is 1. The molecular formula is C18H12F2N2O3S2. The van der Waals surface area contributed by atoms with E-state index in [1.54, 1.807) is 12.1 Å². The summed E-state index contributed by atoms with van der Waals surface area (Å²) in [5.74, 6) is -2.84. The van der Waals surface area contributed by atoms with Gasteiger partial charge in [0.25, 0.3) is 0 Å². The third-order valence-electron chi connectivity index (χ3n) is 4.08. The van der Waals surface area contributed by atoms with Crippen LogP contribution in [0.5, 0.6) is 0 Å². The van der Waals surface area contributed by atoms with E-state index in [-0.39, 0.29) is 24.4 Å². The molecule has 0 saturated heterocycles. The first kappa shape index (κ1) is 17.9. The van der Waals surface area contributed by atoms with Crippen LogP contribution in [-0.2, 0) is 16.1 Å². The lowest BCUT2D eigenvalue weighted by Crippen LogP contribution is -2.41. The average molecular weight is 406 g/mol. The second kappa shape index (κ2) is 6.90. The fourth-order valence-electron chi connectivity index (χ4n) is 2.93. The molecule has 27 heavy (non-hydrogen) atoms. The maximum atomic E-state index is 13.9. The van der Waals surface area contributed by atoms with Crippen LogP contribution >= 0.6 is 23.1 Å². The number of fused-ring (bicyclic) bond motifs is 2. The van der Waals surface area contributed by atoms with Crippen LogP contribution in [0, 0.1) is 11.6 Å². The first-order chi connectivity index (χ1) is 12.9. The summed E-state index contributed by atoms with van der Waals surface area (Å²) in [6, 6.07) is 9.16. The number of benzene rings is 2. The zero-order valence-corrected chi connectivity index (χ0v) is 15.3. The summed E-state index contributed by atoms with van der Waals surface area (Å²) in [4.78, 5) is 30.4. The Bertz CT molecular complexity index is 1070.